The second-order valence-electron chi connectivity index (χ2n) is 3.00. The van der Waals surface area contributed by atoms with Gasteiger partial charge in [0.2, 0.25) is 0 Å². The molecule has 0 radical (unpaired) electrons. The highest BCUT2D eigenvalue weighted by atomic mass is 35.7. The Morgan fingerprint density at radius 1 is 1.46 bits per heavy atom. The summed E-state index contributed by atoms with van der Waals surface area (Å²) in [5.74, 6) is -0.673. The predicted octanol–water partition coefficient (Wildman–Crippen LogP) is 0.503. The molecule has 1 aliphatic heterocycles. The summed E-state index contributed by atoms with van der Waals surface area (Å²) in [7, 11) is -1.87. The highest BCUT2D eigenvalue weighted by molar-refractivity contribution is 8.16. The van der Waals surface area contributed by atoms with E-state index in [9.17, 15) is 16.8 Å². The smallest absolute Gasteiger partial charge is 0.229 e. The molecule has 1 heterocycles. The van der Waals surface area contributed by atoms with Crippen molar-refractivity contribution in [3.8, 4) is 0 Å². The van der Waals surface area contributed by atoms with Gasteiger partial charge in [0.05, 0.1) is 16.4 Å². The highest BCUT2D eigenvalue weighted by Crippen LogP contribution is 2.29. The zero-order chi connectivity index (χ0) is 10.3. The fourth-order valence-corrected chi connectivity index (χ4v) is 4.12. The highest BCUT2D eigenvalue weighted by Gasteiger charge is 2.33. The second-order valence-corrected chi connectivity index (χ2v) is 7.85. The molecule has 13 heavy (non-hydrogen) atoms. The van der Waals surface area contributed by atoms with E-state index in [0.29, 0.717) is 6.42 Å². The Kier molecular flexibility index (Phi) is 2.75. The van der Waals surface area contributed by atoms with E-state index in [1.165, 1.54) is 0 Å². The van der Waals surface area contributed by atoms with Crippen LogP contribution >= 0.6 is 10.7 Å². The van der Waals surface area contributed by atoms with Crippen LogP contribution in [-0.2, 0) is 18.9 Å². The minimum Gasteiger partial charge on any atom is -0.229 e. The first-order chi connectivity index (χ1) is 5.72. The van der Waals surface area contributed by atoms with Gasteiger partial charge in [-0.2, -0.15) is 0 Å². The molecule has 1 fully saturated rings. The molecule has 0 aliphatic carbocycles. The zero-order valence-electron chi connectivity index (χ0n) is 6.73. The third-order valence-corrected chi connectivity index (χ3v) is 5.32. The molecule has 7 heteroatoms. The molecular weight excluding hydrogens is 236 g/mol. The van der Waals surface area contributed by atoms with Crippen LogP contribution in [0.15, 0.2) is 11.5 Å². The maximum absolute atomic E-state index is 11.0. The van der Waals surface area contributed by atoms with E-state index in [-0.39, 0.29) is 16.4 Å². The predicted molar refractivity (Wildman–Crippen MR) is 50.7 cm³/mol. The Morgan fingerprint density at radius 2 is 2.00 bits per heavy atom. The van der Waals surface area contributed by atoms with Crippen molar-refractivity contribution in [2.75, 3.05) is 11.5 Å². The third-order valence-electron chi connectivity index (χ3n) is 2.00. The number of allylic oxidation sites excluding steroid dienone is 1. The number of hydrogen-bond donors (Lipinski definition) is 0. The summed E-state index contributed by atoms with van der Waals surface area (Å²) in [6, 6.07) is 0. The summed E-state index contributed by atoms with van der Waals surface area (Å²) < 4.78 is 43.6. The lowest BCUT2D eigenvalue weighted by Gasteiger charge is -2.06. The molecule has 0 spiro atoms. The van der Waals surface area contributed by atoms with Crippen molar-refractivity contribution in [2.45, 2.75) is 6.42 Å². The quantitative estimate of drug-likeness (QED) is 0.664. The largest absolute Gasteiger partial charge is 0.257 e. The molecule has 4 nitrogen and oxygen atoms in total. The summed E-state index contributed by atoms with van der Waals surface area (Å²) in [5.41, 5.74) is 0. The van der Waals surface area contributed by atoms with Gasteiger partial charge < -0.3 is 0 Å². The number of hydrogen-bond acceptors (Lipinski definition) is 4. The van der Waals surface area contributed by atoms with Crippen molar-refractivity contribution < 1.29 is 16.8 Å². The van der Waals surface area contributed by atoms with Crippen LogP contribution in [0.4, 0.5) is 0 Å². The average molecular weight is 245 g/mol. The van der Waals surface area contributed by atoms with E-state index in [0.717, 1.165) is 0 Å². The molecule has 76 valence electrons. The third kappa shape index (κ3) is 2.69. The average Bonchev–Trinajstić information content (AvgIpc) is 2.26. The van der Waals surface area contributed by atoms with Gasteiger partial charge in [0.25, 0.3) is 9.05 Å². The molecular formula is C6H9ClO4S2. The first kappa shape index (κ1) is 11.0. The molecule has 1 atom stereocenters. The van der Waals surface area contributed by atoms with E-state index in [2.05, 4.69) is 6.58 Å². The zero-order valence-corrected chi connectivity index (χ0v) is 9.12. The molecule has 1 unspecified atom stereocenters. The number of sulfone groups is 1. The molecule has 0 aromatic rings. The van der Waals surface area contributed by atoms with Crippen LogP contribution in [0.1, 0.15) is 6.42 Å². The van der Waals surface area contributed by atoms with E-state index >= 15 is 0 Å². The van der Waals surface area contributed by atoms with Crippen LogP contribution in [0.5, 0.6) is 0 Å². The van der Waals surface area contributed by atoms with Crippen LogP contribution in [-0.4, -0.2) is 28.3 Å². The van der Waals surface area contributed by atoms with Gasteiger partial charge in [-0.05, 0) is 6.42 Å². The second kappa shape index (κ2) is 3.25. The molecule has 1 aliphatic rings. The van der Waals surface area contributed by atoms with Crippen molar-refractivity contribution in [3.63, 3.8) is 0 Å². The first-order valence-electron chi connectivity index (χ1n) is 3.56. The normalized spacial score (nSPS) is 27.3. The van der Waals surface area contributed by atoms with Crippen LogP contribution in [0.25, 0.3) is 0 Å². The summed E-state index contributed by atoms with van der Waals surface area (Å²) in [6.45, 7) is 3.29. The van der Waals surface area contributed by atoms with E-state index in [4.69, 9.17) is 10.7 Å². The molecule has 0 bridgehead atoms. The van der Waals surface area contributed by atoms with E-state index in [1.54, 1.807) is 0 Å². The van der Waals surface area contributed by atoms with Gasteiger partial charge >= 0.3 is 0 Å². The Bertz CT molecular complexity index is 420. The molecule has 0 aromatic heterocycles. The van der Waals surface area contributed by atoms with Crippen LogP contribution in [0, 0.1) is 5.92 Å². The topological polar surface area (TPSA) is 68.3 Å². The van der Waals surface area contributed by atoms with E-state index in [1.807, 2.05) is 0 Å². The molecule has 0 aromatic carbocycles. The molecule has 0 N–H and O–H groups in total. The lowest BCUT2D eigenvalue weighted by molar-refractivity contribution is 0.599. The van der Waals surface area contributed by atoms with Gasteiger partial charge in [-0.25, -0.2) is 16.8 Å². The fourth-order valence-electron chi connectivity index (χ4n) is 1.25. The Morgan fingerprint density at radius 3 is 2.31 bits per heavy atom. The Labute approximate surface area is 81.9 Å². The molecule has 1 saturated heterocycles. The summed E-state index contributed by atoms with van der Waals surface area (Å²) in [4.78, 5) is -0.185. The number of halogens is 1. The number of rotatable bonds is 2. The Balaban J connectivity index is 2.86. The fraction of sp³-hybridized carbons (Fsp3) is 0.667. The Hall–Kier alpha value is -0.0700. The van der Waals surface area contributed by atoms with Gasteiger partial charge in [-0.15, -0.1) is 0 Å². The maximum Gasteiger partial charge on any atom is 0.257 e. The van der Waals surface area contributed by atoms with Crippen molar-refractivity contribution >= 4 is 29.6 Å². The van der Waals surface area contributed by atoms with E-state index < -0.39 is 24.8 Å². The minimum atomic E-state index is -3.82. The molecule has 0 saturated carbocycles. The maximum atomic E-state index is 11.0. The van der Waals surface area contributed by atoms with Gasteiger partial charge in [-0.3, -0.25) is 0 Å². The van der Waals surface area contributed by atoms with Gasteiger partial charge in [-0.1, -0.05) is 6.58 Å². The summed E-state index contributed by atoms with van der Waals surface area (Å²) in [6.07, 6.45) is 0.299. The SMILES string of the molecule is C=C(C1CCS(=O)(=O)C1)S(=O)(=O)Cl. The lowest BCUT2D eigenvalue weighted by atomic mass is 10.1. The molecule has 0 amide bonds. The van der Waals surface area contributed by atoms with Crippen molar-refractivity contribution in [1.82, 2.24) is 0 Å². The van der Waals surface area contributed by atoms with Crippen LogP contribution < -0.4 is 0 Å². The summed E-state index contributed by atoms with van der Waals surface area (Å²) in [5, 5.41) is 0. The van der Waals surface area contributed by atoms with Crippen LogP contribution in [0.2, 0.25) is 0 Å². The minimum absolute atomic E-state index is 0.0170. The van der Waals surface area contributed by atoms with Gasteiger partial charge in [0.15, 0.2) is 9.84 Å². The summed E-state index contributed by atoms with van der Waals surface area (Å²) >= 11 is 0. The van der Waals surface area contributed by atoms with Gasteiger partial charge in [0.1, 0.15) is 0 Å². The first-order valence-corrected chi connectivity index (χ1v) is 7.69. The van der Waals surface area contributed by atoms with Gasteiger partial charge in [0, 0.05) is 16.6 Å². The standard InChI is InChI=1S/C6H9ClO4S2/c1-5(13(7,10)11)6-2-3-12(8,9)4-6/h6H,1-4H2. The van der Waals surface area contributed by atoms with Crippen molar-refractivity contribution in [1.29, 1.82) is 0 Å². The van der Waals surface area contributed by atoms with Crippen LogP contribution in [0.3, 0.4) is 0 Å². The molecule has 1 rings (SSSR count). The lowest BCUT2D eigenvalue weighted by Crippen LogP contribution is -2.10. The monoisotopic (exact) mass is 244 g/mol. The van der Waals surface area contributed by atoms with Crippen molar-refractivity contribution in [2.24, 2.45) is 5.92 Å². The van der Waals surface area contributed by atoms with Crippen molar-refractivity contribution in [3.05, 3.63) is 11.5 Å².